The normalized spacial score (nSPS) is 19.2. The molecule has 0 aromatic heterocycles. The molecular formula is C16H31N3O2. The number of rotatable bonds is 12. The number of hydrogen-bond acceptors (Lipinski definition) is 5. The smallest absolute Gasteiger partial charge is 0.104 e. The van der Waals surface area contributed by atoms with Gasteiger partial charge >= 0.3 is 0 Å². The Kier molecular flexibility index (Phi) is 8.20. The van der Waals surface area contributed by atoms with Crippen LogP contribution >= 0.6 is 0 Å². The van der Waals surface area contributed by atoms with Crippen molar-refractivity contribution in [2.24, 2.45) is 0 Å². The van der Waals surface area contributed by atoms with Gasteiger partial charge in [-0.15, -0.1) is 0 Å². The fraction of sp³-hybridized carbons (Fsp3) is 0.938. The second kappa shape index (κ2) is 9.37. The topological polar surface area (TPSA) is 57.5 Å². The van der Waals surface area contributed by atoms with Crippen molar-refractivity contribution in [3.63, 3.8) is 0 Å². The molecule has 0 aromatic rings. The minimum atomic E-state index is -0.390. The number of hydrogen-bond donors (Lipinski definition) is 1. The second-order valence-corrected chi connectivity index (χ2v) is 6.30. The van der Waals surface area contributed by atoms with Gasteiger partial charge in [-0.05, 0) is 46.1 Å². The molecule has 1 aliphatic rings. The van der Waals surface area contributed by atoms with Crippen LogP contribution in [0.25, 0.3) is 0 Å². The number of ether oxygens (including phenoxy) is 2. The Morgan fingerprint density at radius 1 is 1.33 bits per heavy atom. The van der Waals surface area contributed by atoms with Crippen LogP contribution in [0, 0.1) is 11.3 Å². The molecule has 0 saturated heterocycles. The lowest BCUT2D eigenvalue weighted by molar-refractivity contribution is 0.0731. The summed E-state index contributed by atoms with van der Waals surface area (Å²) in [6.07, 6.45) is 4.30. The van der Waals surface area contributed by atoms with Gasteiger partial charge in [-0.25, -0.2) is 0 Å². The average Bonchev–Trinajstić information content (AvgIpc) is 3.26. The third-order valence-corrected chi connectivity index (χ3v) is 4.08. The van der Waals surface area contributed by atoms with Gasteiger partial charge in [0.15, 0.2) is 0 Å². The fourth-order valence-electron chi connectivity index (χ4n) is 2.58. The van der Waals surface area contributed by atoms with Crippen molar-refractivity contribution in [1.29, 1.82) is 5.26 Å². The van der Waals surface area contributed by atoms with Gasteiger partial charge < -0.3 is 9.47 Å². The Balaban J connectivity index is 2.37. The summed E-state index contributed by atoms with van der Waals surface area (Å²) in [5, 5.41) is 12.9. The molecule has 21 heavy (non-hydrogen) atoms. The zero-order valence-corrected chi connectivity index (χ0v) is 14.0. The van der Waals surface area contributed by atoms with E-state index >= 15 is 0 Å². The molecule has 0 amide bonds. The van der Waals surface area contributed by atoms with Crippen molar-refractivity contribution in [1.82, 2.24) is 10.2 Å². The van der Waals surface area contributed by atoms with Crippen molar-refractivity contribution in [3.8, 4) is 6.07 Å². The van der Waals surface area contributed by atoms with Crippen molar-refractivity contribution in [2.45, 2.75) is 57.2 Å². The molecule has 1 fully saturated rings. The van der Waals surface area contributed by atoms with Crippen LogP contribution in [0.1, 0.15) is 39.5 Å². The molecule has 0 radical (unpaired) electrons. The zero-order chi connectivity index (χ0) is 15.7. The Labute approximate surface area is 129 Å². The molecule has 2 atom stereocenters. The summed E-state index contributed by atoms with van der Waals surface area (Å²) in [6.45, 7) is 7.51. The summed E-state index contributed by atoms with van der Waals surface area (Å²) < 4.78 is 10.4. The van der Waals surface area contributed by atoms with Gasteiger partial charge in [-0.1, -0.05) is 0 Å². The lowest BCUT2D eigenvalue weighted by Crippen LogP contribution is -2.44. The number of methoxy groups -OCH3 is 2. The molecule has 2 unspecified atom stereocenters. The van der Waals surface area contributed by atoms with Crippen molar-refractivity contribution in [2.75, 3.05) is 40.5 Å². The highest BCUT2D eigenvalue weighted by molar-refractivity contribution is 5.07. The maximum Gasteiger partial charge on any atom is 0.104 e. The predicted molar refractivity (Wildman–Crippen MR) is 84.2 cm³/mol. The number of nitrogens with zero attached hydrogens (tertiary/aromatic N) is 2. The summed E-state index contributed by atoms with van der Waals surface area (Å²) in [5.41, 5.74) is -0.390. The average molecular weight is 297 g/mol. The molecular weight excluding hydrogens is 266 g/mol. The van der Waals surface area contributed by atoms with Gasteiger partial charge in [0.2, 0.25) is 0 Å². The van der Waals surface area contributed by atoms with Crippen molar-refractivity contribution < 1.29 is 9.47 Å². The van der Waals surface area contributed by atoms with Crippen LogP contribution in [0.5, 0.6) is 0 Å². The van der Waals surface area contributed by atoms with Crippen LogP contribution in [-0.2, 0) is 9.47 Å². The van der Waals surface area contributed by atoms with E-state index in [0.717, 1.165) is 39.1 Å². The van der Waals surface area contributed by atoms with E-state index in [4.69, 9.17) is 9.47 Å². The van der Waals surface area contributed by atoms with E-state index < -0.39 is 5.54 Å². The highest BCUT2D eigenvalue weighted by Gasteiger charge is 2.32. The van der Waals surface area contributed by atoms with Crippen LogP contribution in [0.4, 0.5) is 0 Å². The Morgan fingerprint density at radius 2 is 2.05 bits per heavy atom. The van der Waals surface area contributed by atoms with E-state index in [1.165, 1.54) is 12.8 Å². The van der Waals surface area contributed by atoms with Crippen LogP contribution in [0.2, 0.25) is 0 Å². The number of nitrogens with one attached hydrogen (secondary N) is 1. The molecule has 1 saturated carbocycles. The van der Waals surface area contributed by atoms with Crippen LogP contribution in [0.15, 0.2) is 0 Å². The summed E-state index contributed by atoms with van der Waals surface area (Å²) in [5.74, 6) is 0. The summed E-state index contributed by atoms with van der Waals surface area (Å²) in [7, 11) is 3.46. The van der Waals surface area contributed by atoms with Crippen LogP contribution in [0.3, 0.4) is 0 Å². The third kappa shape index (κ3) is 7.23. The van der Waals surface area contributed by atoms with Crippen molar-refractivity contribution >= 4 is 0 Å². The van der Waals surface area contributed by atoms with Gasteiger partial charge in [-0.2, -0.15) is 5.26 Å². The van der Waals surface area contributed by atoms with E-state index in [2.05, 4.69) is 23.2 Å². The molecule has 1 N–H and O–H groups in total. The molecule has 0 bridgehead atoms. The standard InChI is InChI=1S/C16H31N3O2/c1-14(12-21-4)19(10-11-20-3)9-5-8-16(2,13-17)18-15-6-7-15/h14-15,18H,5-12H2,1-4H3. The van der Waals surface area contributed by atoms with Crippen molar-refractivity contribution in [3.05, 3.63) is 0 Å². The van der Waals surface area contributed by atoms with E-state index in [-0.39, 0.29) is 0 Å². The summed E-state index contributed by atoms with van der Waals surface area (Å²) in [4.78, 5) is 2.38. The zero-order valence-electron chi connectivity index (χ0n) is 14.0. The quantitative estimate of drug-likeness (QED) is 0.595. The molecule has 1 aliphatic carbocycles. The molecule has 122 valence electrons. The minimum Gasteiger partial charge on any atom is -0.383 e. The number of nitriles is 1. The second-order valence-electron chi connectivity index (χ2n) is 6.30. The van der Waals surface area contributed by atoms with E-state index in [0.29, 0.717) is 12.1 Å². The first-order chi connectivity index (χ1) is 10.0. The van der Waals surface area contributed by atoms with E-state index in [1.807, 2.05) is 6.92 Å². The highest BCUT2D eigenvalue weighted by Crippen LogP contribution is 2.24. The maximum atomic E-state index is 9.40. The largest absolute Gasteiger partial charge is 0.383 e. The molecule has 0 aromatic carbocycles. The lowest BCUT2D eigenvalue weighted by atomic mass is 9.97. The molecule has 0 heterocycles. The van der Waals surface area contributed by atoms with E-state index in [9.17, 15) is 5.26 Å². The molecule has 5 nitrogen and oxygen atoms in total. The van der Waals surface area contributed by atoms with Gasteiger partial charge in [0.25, 0.3) is 0 Å². The first-order valence-electron chi connectivity index (χ1n) is 7.95. The summed E-state index contributed by atoms with van der Waals surface area (Å²) in [6, 6.07) is 3.37. The summed E-state index contributed by atoms with van der Waals surface area (Å²) >= 11 is 0. The molecule has 5 heteroatoms. The molecule has 1 rings (SSSR count). The molecule has 0 aliphatic heterocycles. The molecule has 0 spiro atoms. The predicted octanol–water partition coefficient (Wildman–Crippen LogP) is 1.78. The Hall–Kier alpha value is -0.670. The van der Waals surface area contributed by atoms with Crippen LogP contribution in [-0.4, -0.2) is 63.0 Å². The minimum absolute atomic E-state index is 0.370. The Bertz CT molecular complexity index is 328. The van der Waals surface area contributed by atoms with Gasteiger partial charge in [0.05, 0.1) is 19.3 Å². The monoisotopic (exact) mass is 297 g/mol. The highest BCUT2D eigenvalue weighted by atomic mass is 16.5. The van der Waals surface area contributed by atoms with Gasteiger partial charge in [-0.3, -0.25) is 10.2 Å². The first-order valence-corrected chi connectivity index (χ1v) is 7.95. The fourth-order valence-corrected chi connectivity index (χ4v) is 2.58. The van der Waals surface area contributed by atoms with Crippen LogP contribution < -0.4 is 5.32 Å². The lowest BCUT2D eigenvalue weighted by Gasteiger charge is -2.30. The van der Waals surface area contributed by atoms with E-state index in [1.54, 1.807) is 14.2 Å². The van der Waals surface area contributed by atoms with Gasteiger partial charge in [0.1, 0.15) is 5.54 Å². The Morgan fingerprint density at radius 3 is 2.57 bits per heavy atom. The third-order valence-electron chi connectivity index (χ3n) is 4.08. The first kappa shape index (κ1) is 18.4. The maximum absolute atomic E-state index is 9.40. The van der Waals surface area contributed by atoms with Gasteiger partial charge in [0, 0.05) is 32.8 Å². The SMILES string of the molecule is COCCN(CCCC(C)(C#N)NC1CC1)C(C)COC.